The van der Waals surface area contributed by atoms with Crippen LogP contribution in [-0.4, -0.2) is 0 Å². The minimum atomic E-state index is 0.872. The number of azo groups is 1. The van der Waals surface area contributed by atoms with E-state index in [0.29, 0.717) is 0 Å². The Morgan fingerprint density at radius 1 is 0.500 bits per heavy atom. The van der Waals surface area contributed by atoms with E-state index < -0.39 is 0 Å². The summed E-state index contributed by atoms with van der Waals surface area (Å²) in [5.41, 5.74) is 1.74. The van der Waals surface area contributed by atoms with Gasteiger partial charge in [0.05, 0.1) is 11.4 Å². The molecule has 0 spiro atoms. The predicted octanol–water partition coefficient (Wildman–Crippen LogP) is 4.10. The largest absolute Gasteiger partial charge is 0.151 e. The summed E-state index contributed by atoms with van der Waals surface area (Å²) in [7, 11) is 0. The van der Waals surface area contributed by atoms with Crippen LogP contribution < -0.4 is 0 Å². The van der Waals surface area contributed by atoms with Crippen molar-refractivity contribution in [2.24, 2.45) is 10.2 Å². The first kappa shape index (κ1) is 8.63. The van der Waals surface area contributed by atoms with Crippen molar-refractivity contribution >= 4 is 11.4 Å². The summed E-state index contributed by atoms with van der Waals surface area (Å²) < 4.78 is 0. The van der Waals surface area contributed by atoms with Gasteiger partial charge in [0.25, 0.3) is 0 Å². The van der Waals surface area contributed by atoms with Crippen LogP contribution in [0.4, 0.5) is 11.4 Å². The molecule has 0 fully saturated rings. The van der Waals surface area contributed by atoms with Gasteiger partial charge in [-0.2, -0.15) is 10.2 Å². The van der Waals surface area contributed by atoms with Crippen LogP contribution >= 0.6 is 0 Å². The zero-order chi connectivity index (χ0) is 9.64. The summed E-state index contributed by atoms with van der Waals surface area (Å²) in [6.45, 7) is 0. The Morgan fingerprint density at radius 3 is 1.21 bits per heavy atom. The molecule has 0 aliphatic rings. The van der Waals surface area contributed by atoms with Crippen molar-refractivity contribution in [2.75, 3.05) is 0 Å². The minimum absolute atomic E-state index is 0.872. The SMILES string of the molecule is c1ccc(/N=N\c2ccccc2)cc1. The van der Waals surface area contributed by atoms with Gasteiger partial charge in [-0.05, 0) is 24.3 Å². The highest BCUT2D eigenvalue weighted by molar-refractivity contribution is 5.39. The summed E-state index contributed by atoms with van der Waals surface area (Å²) in [5, 5.41) is 8.20. The first-order valence-corrected chi connectivity index (χ1v) is 4.47. The van der Waals surface area contributed by atoms with Crippen molar-refractivity contribution < 1.29 is 0 Å². The van der Waals surface area contributed by atoms with Gasteiger partial charge in [-0.25, -0.2) is 0 Å². The Balaban J connectivity index is 2.16. The standard InChI is InChI=1S/C12H10N2/c1-3-7-11(8-4-1)13-14-12-9-5-2-6-10-12/h1-10H/b14-13-. The fourth-order valence-electron chi connectivity index (χ4n) is 1.10. The molecule has 0 N–H and O–H groups in total. The highest BCUT2D eigenvalue weighted by atomic mass is 15.1. The Labute approximate surface area is 82.9 Å². The molecular formula is C12H10N2. The predicted molar refractivity (Wildman–Crippen MR) is 57.1 cm³/mol. The topological polar surface area (TPSA) is 24.7 Å². The third kappa shape index (κ3) is 2.26. The van der Waals surface area contributed by atoms with E-state index in [0.717, 1.165) is 11.4 Å². The molecule has 2 aromatic carbocycles. The normalized spacial score (nSPS) is 10.6. The maximum absolute atomic E-state index is 4.10. The van der Waals surface area contributed by atoms with Crippen LogP contribution in [0.2, 0.25) is 0 Å². The molecule has 68 valence electrons. The van der Waals surface area contributed by atoms with Crippen LogP contribution in [0, 0.1) is 0 Å². The van der Waals surface area contributed by atoms with Gasteiger partial charge >= 0.3 is 0 Å². The number of rotatable bonds is 2. The van der Waals surface area contributed by atoms with Crippen molar-refractivity contribution in [3.05, 3.63) is 60.7 Å². The van der Waals surface area contributed by atoms with Crippen LogP contribution in [-0.2, 0) is 0 Å². The second kappa shape index (κ2) is 4.33. The zero-order valence-electron chi connectivity index (χ0n) is 7.67. The summed E-state index contributed by atoms with van der Waals surface area (Å²) in [5.74, 6) is 0. The lowest BCUT2D eigenvalue weighted by molar-refractivity contribution is 1.23. The lowest BCUT2D eigenvalue weighted by Gasteiger charge is -1.91. The fourth-order valence-corrected chi connectivity index (χ4v) is 1.10. The molecule has 2 nitrogen and oxygen atoms in total. The van der Waals surface area contributed by atoms with Gasteiger partial charge in [-0.1, -0.05) is 36.4 Å². The lowest BCUT2D eigenvalue weighted by Crippen LogP contribution is -1.62. The van der Waals surface area contributed by atoms with Gasteiger partial charge in [-0.15, -0.1) is 0 Å². The van der Waals surface area contributed by atoms with E-state index in [9.17, 15) is 0 Å². The Bertz CT molecular complexity index is 365. The van der Waals surface area contributed by atoms with E-state index in [1.165, 1.54) is 0 Å². The molecule has 0 amide bonds. The van der Waals surface area contributed by atoms with Crippen molar-refractivity contribution in [3.63, 3.8) is 0 Å². The van der Waals surface area contributed by atoms with Crippen LogP contribution in [0.1, 0.15) is 0 Å². The van der Waals surface area contributed by atoms with E-state index in [4.69, 9.17) is 0 Å². The molecule has 0 unspecified atom stereocenters. The maximum atomic E-state index is 4.10. The summed E-state index contributed by atoms with van der Waals surface area (Å²) in [6, 6.07) is 19.4. The Kier molecular flexibility index (Phi) is 2.67. The molecule has 0 saturated heterocycles. The molecular weight excluding hydrogens is 172 g/mol. The second-order valence-electron chi connectivity index (χ2n) is 2.87. The molecule has 0 saturated carbocycles. The van der Waals surface area contributed by atoms with Crippen LogP contribution in [0.3, 0.4) is 0 Å². The molecule has 2 heteroatoms. The molecule has 0 aliphatic carbocycles. The first-order chi connectivity index (χ1) is 6.95. The average Bonchev–Trinajstić information content (AvgIpc) is 2.29. The number of hydrogen-bond acceptors (Lipinski definition) is 2. The Hall–Kier alpha value is -1.96. The molecule has 0 aromatic heterocycles. The smallest absolute Gasteiger partial charge is 0.0857 e. The van der Waals surface area contributed by atoms with Crippen molar-refractivity contribution in [3.8, 4) is 0 Å². The van der Waals surface area contributed by atoms with E-state index in [-0.39, 0.29) is 0 Å². The van der Waals surface area contributed by atoms with Gasteiger partial charge in [0.2, 0.25) is 0 Å². The molecule has 2 rings (SSSR count). The zero-order valence-corrected chi connectivity index (χ0v) is 7.67. The fraction of sp³-hybridized carbons (Fsp3) is 0. The first-order valence-electron chi connectivity index (χ1n) is 4.47. The van der Waals surface area contributed by atoms with Crippen molar-refractivity contribution in [1.82, 2.24) is 0 Å². The molecule has 2 aromatic rings. The van der Waals surface area contributed by atoms with Crippen LogP contribution in [0.25, 0.3) is 0 Å². The number of hydrogen-bond donors (Lipinski definition) is 0. The minimum Gasteiger partial charge on any atom is -0.151 e. The Morgan fingerprint density at radius 2 is 0.857 bits per heavy atom. The summed E-state index contributed by atoms with van der Waals surface area (Å²) >= 11 is 0. The van der Waals surface area contributed by atoms with E-state index in [2.05, 4.69) is 10.2 Å². The van der Waals surface area contributed by atoms with Crippen LogP contribution in [0.15, 0.2) is 70.9 Å². The monoisotopic (exact) mass is 182 g/mol. The summed E-state index contributed by atoms with van der Waals surface area (Å²) in [6.07, 6.45) is 0. The van der Waals surface area contributed by atoms with Crippen molar-refractivity contribution in [1.29, 1.82) is 0 Å². The van der Waals surface area contributed by atoms with Gasteiger partial charge in [0, 0.05) is 0 Å². The maximum Gasteiger partial charge on any atom is 0.0857 e. The highest BCUT2D eigenvalue weighted by Crippen LogP contribution is 2.16. The van der Waals surface area contributed by atoms with Gasteiger partial charge in [0.1, 0.15) is 0 Å². The molecule has 0 radical (unpaired) electrons. The van der Waals surface area contributed by atoms with Crippen LogP contribution in [0.5, 0.6) is 0 Å². The van der Waals surface area contributed by atoms with E-state index in [1.54, 1.807) is 0 Å². The van der Waals surface area contributed by atoms with E-state index in [1.807, 2.05) is 60.7 Å². The second-order valence-corrected chi connectivity index (χ2v) is 2.87. The highest BCUT2D eigenvalue weighted by Gasteiger charge is 1.86. The molecule has 0 aliphatic heterocycles. The van der Waals surface area contributed by atoms with Crippen molar-refractivity contribution in [2.45, 2.75) is 0 Å². The molecule has 0 bridgehead atoms. The average molecular weight is 182 g/mol. The third-order valence-corrected chi connectivity index (χ3v) is 1.79. The van der Waals surface area contributed by atoms with Gasteiger partial charge < -0.3 is 0 Å². The lowest BCUT2D eigenvalue weighted by atomic mass is 10.3. The van der Waals surface area contributed by atoms with Gasteiger partial charge in [-0.3, -0.25) is 0 Å². The summed E-state index contributed by atoms with van der Waals surface area (Å²) in [4.78, 5) is 0. The molecule has 14 heavy (non-hydrogen) atoms. The molecule has 0 atom stereocenters. The quantitative estimate of drug-likeness (QED) is 0.624. The third-order valence-electron chi connectivity index (χ3n) is 1.79. The molecule has 0 heterocycles. The number of nitrogens with zero attached hydrogens (tertiary/aromatic N) is 2. The van der Waals surface area contributed by atoms with Gasteiger partial charge in [0.15, 0.2) is 0 Å². The number of benzene rings is 2. The van der Waals surface area contributed by atoms with E-state index >= 15 is 0 Å².